The van der Waals surface area contributed by atoms with Gasteiger partial charge in [-0.1, -0.05) is 27.7 Å². The van der Waals surface area contributed by atoms with Gasteiger partial charge >= 0.3 is 11.9 Å². The van der Waals surface area contributed by atoms with Crippen LogP contribution >= 0.6 is 11.8 Å². The predicted octanol–water partition coefficient (Wildman–Crippen LogP) is 3.07. The lowest BCUT2D eigenvalue weighted by atomic mass is 9.70. The number of thioether (sulfide) groups is 1. The third-order valence-corrected chi connectivity index (χ3v) is 13.6. The Balaban J connectivity index is 1.50. The van der Waals surface area contributed by atoms with Crippen LogP contribution in [0.5, 0.6) is 0 Å². The highest BCUT2D eigenvalue weighted by Crippen LogP contribution is 2.49. The highest BCUT2D eigenvalue weighted by Gasteiger charge is 2.61. The number of ketones is 2. The number of nitrogens with two attached hydrogens (primary N) is 1. The van der Waals surface area contributed by atoms with E-state index in [-0.39, 0.29) is 36.6 Å². The Bertz CT molecular complexity index is 1760. The second kappa shape index (κ2) is 17.3. The lowest BCUT2D eigenvalue weighted by molar-refractivity contribution is -0.295. The van der Waals surface area contributed by atoms with Crippen LogP contribution in [0.4, 0.5) is 5.82 Å². The number of Topliss-reactive ketones (excluding diaryl/α,β-unsaturated/α-hetero) is 2. The molecule has 3 fully saturated rings. The van der Waals surface area contributed by atoms with Crippen LogP contribution in [0.2, 0.25) is 0 Å². The number of imidazole rings is 1. The average Bonchev–Trinajstić information content (AvgIpc) is 3.69. The van der Waals surface area contributed by atoms with E-state index in [0.29, 0.717) is 29.9 Å². The largest absolute Gasteiger partial charge is 0.458 e. The molecule has 0 saturated carbocycles. The van der Waals surface area contributed by atoms with Gasteiger partial charge in [-0.05, 0) is 61.1 Å². The Kier molecular flexibility index (Phi) is 13.6. The normalized spacial score (nSPS) is 39.0. The number of likely N-dealkylation sites (N-methyl/N-ethyl adjacent to an activating group) is 1. The van der Waals surface area contributed by atoms with E-state index in [1.54, 1.807) is 40.9 Å². The van der Waals surface area contributed by atoms with Gasteiger partial charge in [0.1, 0.15) is 41.0 Å². The fourth-order valence-corrected chi connectivity index (χ4v) is 10.5. The lowest BCUT2D eigenvalue weighted by Crippen LogP contribution is -2.59. The molecule has 0 amide bonds. The summed E-state index contributed by atoms with van der Waals surface area (Å²) in [7, 11) is 5.22. The molecule has 3 N–H and O–H groups in total. The lowest BCUT2D eigenvalue weighted by Gasteiger charge is -2.47. The second-order valence-corrected chi connectivity index (χ2v) is 17.7. The first-order valence-electron chi connectivity index (χ1n) is 19.5. The number of hydrogen-bond acceptors (Lipinski definition) is 16. The van der Waals surface area contributed by atoms with E-state index in [1.807, 2.05) is 37.4 Å². The maximum absolute atomic E-state index is 14.7. The number of nitrogens with zero attached hydrogens (tertiary/aromatic N) is 5. The summed E-state index contributed by atoms with van der Waals surface area (Å²) in [6.45, 7) is 14.4. The monoisotopic (exact) mass is 804 g/mol. The van der Waals surface area contributed by atoms with Gasteiger partial charge in [-0.2, -0.15) is 0 Å². The molecule has 16 nitrogen and oxygen atoms in total. The van der Waals surface area contributed by atoms with E-state index >= 15 is 0 Å². The summed E-state index contributed by atoms with van der Waals surface area (Å²) in [4.78, 5) is 71.4. The van der Waals surface area contributed by atoms with Crippen molar-refractivity contribution in [1.82, 2.24) is 24.4 Å². The maximum Gasteiger partial charge on any atom is 0.320 e. The fourth-order valence-electron chi connectivity index (χ4n) is 9.09. The zero-order chi connectivity index (χ0) is 41.4. The molecule has 0 radical (unpaired) electrons. The van der Waals surface area contributed by atoms with Gasteiger partial charge in [0.25, 0.3) is 0 Å². The zero-order valence-corrected chi connectivity index (χ0v) is 35.3. The maximum atomic E-state index is 14.7. The van der Waals surface area contributed by atoms with Crippen molar-refractivity contribution < 1.29 is 48.0 Å². The van der Waals surface area contributed by atoms with Gasteiger partial charge in [0.2, 0.25) is 0 Å². The minimum atomic E-state index is -1.39. The molecule has 17 heteroatoms. The van der Waals surface area contributed by atoms with Gasteiger partial charge in [0.15, 0.2) is 29.1 Å². The predicted molar refractivity (Wildman–Crippen MR) is 208 cm³/mol. The Morgan fingerprint density at radius 1 is 1.04 bits per heavy atom. The minimum absolute atomic E-state index is 0.120. The first-order chi connectivity index (χ1) is 26.3. The molecule has 0 aliphatic carbocycles. The Hall–Kier alpha value is -3.22. The number of aliphatic hydroxyl groups excluding tert-OH is 1. The number of carbonyl (C=O) groups is 4. The van der Waals surface area contributed by atoms with Gasteiger partial charge in [0.05, 0.1) is 24.1 Å². The second-order valence-electron chi connectivity index (χ2n) is 16.5. The summed E-state index contributed by atoms with van der Waals surface area (Å²) in [6.07, 6.45) is -0.537. The highest BCUT2D eigenvalue weighted by molar-refractivity contribution is 8.00. The van der Waals surface area contributed by atoms with E-state index in [0.717, 1.165) is 0 Å². The summed E-state index contributed by atoms with van der Waals surface area (Å²) >= 11 is 1.35. The number of aromatic nitrogens is 4. The fraction of sp³-hybridized carbons (Fsp3) is 0.769. The van der Waals surface area contributed by atoms with Crippen LogP contribution in [0.1, 0.15) is 74.7 Å². The summed E-state index contributed by atoms with van der Waals surface area (Å²) in [5, 5.41) is 10.6. The molecule has 312 valence electrons. The average molecular weight is 805 g/mol. The third-order valence-electron chi connectivity index (χ3n) is 12.4. The van der Waals surface area contributed by atoms with Crippen molar-refractivity contribution in [3.05, 3.63) is 12.7 Å². The molecule has 2 aromatic heterocycles. The van der Waals surface area contributed by atoms with Gasteiger partial charge in [0, 0.05) is 49.1 Å². The number of esters is 2. The molecule has 0 aromatic carbocycles. The van der Waals surface area contributed by atoms with Crippen molar-refractivity contribution in [1.29, 1.82) is 0 Å². The molecule has 3 aliphatic rings. The smallest absolute Gasteiger partial charge is 0.320 e. The number of aryl methyl sites for hydroxylation is 1. The molecule has 0 spiro atoms. The van der Waals surface area contributed by atoms with Crippen molar-refractivity contribution in [3.63, 3.8) is 0 Å². The number of aliphatic hydroxyl groups is 1. The number of anilines is 1. The van der Waals surface area contributed by atoms with Crippen molar-refractivity contribution >= 4 is 52.2 Å². The molecule has 2 aromatic rings. The van der Waals surface area contributed by atoms with E-state index in [2.05, 4.69) is 15.0 Å². The number of methoxy groups -OCH3 is 1. The molecule has 5 heterocycles. The topological polar surface area (TPSA) is 208 Å². The third kappa shape index (κ3) is 8.35. The van der Waals surface area contributed by atoms with Crippen LogP contribution in [0.15, 0.2) is 12.7 Å². The Labute approximate surface area is 333 Å². The van der Waals surface area contributed by atoms with Gasteiger partial charge in [-0.3, -0.25) is 19.2 Å². The first kappa shape index (κ1) is 43.9. The molecular formula is C39H60N6O10S. The van der Waals surface area contributed by atoms with Crippen LogP contribution in [-0.4, -0.2) is 133 Å². The summed E-state index contributed by atoms with van der Waals surface area (Å²) in [5.41, 5.74) is 4.35. The van der Waals surface area contributed by atoms with E-state index in [1.165, 1.54) is 32.1 Å². The van der Waals surface area contributed by atoms with Crippen LogP contribution in [0.3, 0.4) is 0 Å². The number of cyclic esters (lactones) is 1. The quantitative estimate of drug-likeness (QED) is 0.276. The van der Waals surface area contributed by atoms with Gasteiger partial charge < -0.3 is 44.0 Å². The number of carbonyl (C=O) groups excluding carboxylic acids is 4. The van der Waals surface area contributed by atoms with Crippen LogP contribution < -0.4 is 5.73 Å². The van der Waals surface area contributed by atoms with Crippen molar-refractivity contribution in [2.45, 2.75) is 134 Å². The summed E-state index contributed by atoms with van der Waals surface area (Å²) < 4.78 is 33.0. The Morgan fingerprint density at radius 2 is 1.73 bits per heavy atom. The molecule has 3 saturated heterocycles. The summed E-state index contributed by atoms with van der Waals surface area (Å²) in [5.74, 6) is -5.52. The number of fused-ring (bicyclic) bond motifs is 2. The van der Waals surface area contributed by atoms with E-state index < -0.39 is 88.4 Å². The van der Waals surface area contributed by atoms with Crippen molar-refractivity contribution in [2.75, 3.05) is 32.7 Å². The van der Waals surface area contributed by atoms with Crippen molar-refractivity contribution in [2.24, 2.45) is 29.6 Å². The number of hydrogen-bond donors (Lipinski definition) is 2. The number of rotatable bonds is 9. The Morgan fingerprint density at radius 3 is 2.38 bits per heavy atom. The molecule has 5 rings (SSSR count). The van der Waals surface area contributed by atoms with Gasteiger partial charge in [-0.25, -0.2) is 15.0 Å². The molecule has 56 heavy (non-hydrogen) atoms. The molecule has 14 atom stereocenters. The molecule has 3 aliphatic heterocycles. The van der Waals surface area contributed by atoms with Gasteiger partial charge in [-0.15, -0.1) is 11.8 Å². The standard InChI is InChI=1S/C39H60N6O10S/c1-12-25-39(8)26(31(36(50)55-39)56-14-13-45-18-43-27-33(40)41-17-42-34(27)45)21(4)28(46)19(2)16-38(7,51-11)32(22(5)29(47)23(6)35(49)53-25)54-37-30(48)24(44(9)10)15-20(3)52-37/h17-26,30-32,37,48H,12-16H2,1-11H3,(H2,40,41,42)/t19-,20-,21-,22+,23-,24+,25-,26?,30-,31?,32-,37+,38-,39-/m1/s1. The van der Waals surface area contributed by atoms with Crippen molar-refractivity contribution in [3.8, 4) is 0 Å². The minimum Gasteiger partial charge on any atom is -0.458 e. The number of nitrogen functional groups attached to an aromatic ring is 1. The number of ether oxygens (including phenoxy) is 5. The molecule has 2 unspecified atom stereocenters. The SMILES string of the molecule is CC[C@H]1OC(=O)[C@H](C)C(=O)[C@H](C)[C@@H](O[C@@H]2O[C@H](C)C[C@H](N(C)C)[C@H]2O)[C@](C)(OC)C[C@@H](C)C(=O)[C@H](C)C2C(SCCn3cnc4c(N)ncnc43)C(=O)O[C@@]21C. The van der Waals surface area contributed by atoms with E-state index in [9.17, 15) is 24.3 Å². The summed E-state index contributed by atoms with van der Waals surface area (Å²) in [6, 6.07) is -0.285. The first-order valence-corrected chi connectivity index (χ1v) is 20.6. The van der Waals surface area contributed by atoms with Crippen LogP contribution in [0, 0.1) is 29.6 Å². The zero-order valence-electron chi connectivity index (χ0n) is 34.5. The van der Waals surface area contributed by atoms with E-state index in [4.69, 9.17) is 29.4 Å². The highest BCUT2D eigenvalue weighted by atomic mass is 32.2. The van der Waals surface area contributed by atoms with Crippen LogP contribution in [0.25, 0.3) is 11.2 Å². The van der Waals surface area contributed by atoms with Crippen LogP contribution in [-0.2, 0) is 49.4 Å². The molecular weight excluding hydrogens is 745 g/mol. The molecule has 0 bridgehead atoms.